The van der Waals surface area contributed by atoms with Crippen LogP contribution in [0.15, 0.2) is 11.6 Å². The van der Waals surface area contributed by atoms with Crippen LogP contribution >= 0.6 is 0 Å². The largest absolute Gasteiger partial charge is 0.463 e. The molecule has 1 aliphatic rings. The average Bonchev–Trinajstić information content (AvgIpc) is 2.09. The Morgan fingerprint density at radius 1 is 1.43 bits per heavy atom. The predicted octanol–water partition coefficient (Wildman–Crippen LogP) is 3.08. The number of esters is 1. The molecule has 0 spiro atoms. The van der Waals surface area contributed by atoms with E-state index in [4.69, 9.17) is 4.74 Å². The van der Waals surface area contributed by atoms with Gasteiger partial charge in [0, 0.05) is 6.08 Å². The van der Waals surface area contributed by atoms with E-state index in [1.54, 1.807) is 6.08 Å². The molecule has 0 aromatic carbocycles. The summed E-state index contributed by atoms with van der Waals surface area (Å²) >= 11 is 0. The first-order chi connectivity index (χ1) is 6.53. The maximum Gasteiger partial charge on any atom is 0.330 e. The van der Waals surface area contributed by atoms with Crippen molar-refractivity contribution in [3.63, 3.8) is 0 Å². The number of allylic oxidation sites excluding steroid dienone is 1. The van der Waals surface area contributed by atoms with Crippen LogP contribution in [0.1, 0.15) is 46.5 Å². The van der Waals surface area contributed by atoms with Gasteiger partial charge in [-0.1, -0.05) is 19.4 Å². The first kappa shape index (κ1) is 11.3. The second kappa shape index (κ2) is 4.63. The molecule has 0 radical (unpaired) electrons. The minimum atomic E-state index is -0.179. The SMILES string of the molecule is CCOC(=O)C=C1CCC(C)(C)CC1. The molecule has 0 saturated heterocycles. The third-order valence-electron chi connectivity index (χ3n) is 2.85. The molecule has 80 valence electrons. The molecule has 1 fully saturated rings. The van der Waals surface area contributed by atoms with Gasteiger partial charge in [0.2, 0.25) is 0 Å². The molecule has 0 bridgehead atoms. The summed E-state index contributed by atoms with van der Waals surface area (Å²) < 4.78 is 4.88. The van der Waals surface area contributed by atoms with E-state index in [0.717, 1.165) is 12.8 Å². The Morgan fingerprint density at radius 2 is 2.00 bits per heavy atom. The molecule has 0 aliphatic heterocycles. The number of hydrogen-bond donors (Lipinski definition) is 0. The summed E-state index contributed by atoms with van der Waals surface area (Å²) in [7, 11) is 0. The Labute approximate surface area is 86.3 Å². The van der Waals surface area contributed by atoms with Crippen LogP contribution in [-0.2, 0) is 9.53 Å². The first-order valence-corrected chi connectivity index (χ1v) is 5.40. The number of carbonyl (C=O) groups excluding carboxylic acids is 1. The normalized spacial score (nSPS) is 20.4. The van der Waals surface area contributed by atoms with Crippen LogP contribution in [0.5, 0.6) is 0 Å². The van der Waals surface area contributed by atoms with Crippen molar-refractivity contribution in [3.05, 3.63) is 11.6 Å². The summed E-state index contributed by atoms with van der Waals surface area (Å²) in [5.41, 5.74) is 1.70. The minimum absolute atomic E-state index is 0.179. The molecule has 0 heterocycles. The quantitative estimate of drug-likeness (QED) is 0.501. The van der Waals surface area contributed by atoms with Crippen molar-refractivity contribution < 1.29 is 9.53 Å². The summed E-state index contributed by atoms with van der Waals surface area (Å²) in [5.74, 6) is -0.179. The Kier molecular flexibility index (Phi) is 3.73. The van der Waals surface area contributed by atoms with Crippen LogP contribution in [0.25, 0.3) is 0 Å². The summed E-state index contributed by atoms with van der Waals surface area (Å²) in [5, 5.41) is 0. The van der Waals surface area contributed by atoms with Crippen molar-refractivity contribution in [1.82, 2.24) is 0 Å². The molecule has 2 nitrogen and oxygen atoms in total. The van der Waals surface area contributed by atoms with Crippen LogP contribution in [0.3, 0.4) is 0 Å². The average molecular weight is 196 g/mol. The van der Waals surface area contributed by atoms with E-state index in [2.05, 4.69) is 13.8 Å². The van der Waals surface area contributed by atoms with Crippen molar-refractivity contribution in [3.8, 4) is 0 Å². The molecular weight excluding hydrogens is 176 g/mol. The first-order valence-electron chi connectivity index (χ1n) is 5.40. The van der Waals surface area contributed by atoms with Gasteiger partial charge < -0.3 is 4.74 Å². The van der Waals surface area contributed by atoms with Crippen LogP contribution in [0, 0.1) is 5.41 Å². The fourth-order valence-corrected chi connectivity index (χ4v) is 1.74. The molecule has 1 saturated carbocycles. The lowest BCUT2D eigenvalue weighted by Gasteiger charge is -2.30. The number of ether oxygens (including phenoxy) is 1. The fraction of sp³-hybridized carbons (Fsp3) is 0.750. The number of rotatable bonds is 2. The smallest absolute Gasteiger partial charge is 0.330 e. The van der Waals surface area contributed by atoms with Gasteiger partial charge in [-0.05, 0) is 38.0 Å². The van der Waals surface area contributed by atoms with Crippen LogP contribution < -0.4 is 0 Å². The van der Waals surface area contributed by atoms with Gasteiger partial charge in [-0.3, -0.25) is 0 Å². The third-order valence-corrected chi connectivity index (χ3v) is 2.85. The van der Waals surface area contributed by atoms with Gasteiger partial charge >= 0.3 is 5.97 Å². The van der Waals surface area contributed by atoms with Crippen molar-refractivity contribution in [2.75, 3.05) is 6.61 Å². The zero-order valence-electron chi connectivity index (χ0n) is 9.43. The van der Waals surface area contributed by atoms with Crippen molar-refractivity contribution >= 4 is 5.97 Å². The molecule has 0 aromatic heterocycles. The lowest BCUT2D eigenvalue weighted by Crippen LogP contribution is -2.17. The summed E-state index contributed by atoms with van der Waals surface area (Å²) in [4.78, 5) is 11.2. The second-order valence-corrected chi connectivity index (χ2v) is 4.72. The van der Waals surface area contributed by atoms with E-state index in [0.29, 0.717) is 12.0 Å². The molecule has 0 atom stereocenters. The molecule has 14 heavy (non-hydrogen) atoms. The van der Waals surface area contributed by atoms with Crippen LogP contribution in [0.4, 0.5) is 0 Å². The van der Waals surface area contributed by atoms with Crippen LogP contribution in [-0.4, -0.2) is 12.6 Å². The maximum atomic E-state index is 11.2. The van der Waals surface area contributed by atoms with E-state index in [9.17, 15) is 4.79 Å². The summed E-state index contributed by atoms with van der Waals surface area (Å²) in [6, 6.07) is 0. The number of carbonyl (C=O) groups is 1. The van der Waals surface area contributed by atoms with Crippen LogP contribution in [0.2, 0.25) is 0 Å². The highest BCUT2D eigenvalue weighted by atomic mass is 16.5. The summed E-state index contributed by atoms with van der Waals surface area (Å²) in [6.45, 7) is 6.87. The van der Waals surface area contributed by atoms with E-state index in [-0.39, 0.29) is 5.97 Å². The minimum Gasteiger partial charge on any atom is -0.463 e. The molecule has 1 aliphatic carbocycles. The maximum absolute atomic E-state index is 11.2. The molecule has 2 heteroatoms. The highest BCUT2D eigenvalue weighted by Gasteiger charge is 2.23. The third kappa shape index (κ3) is 3.52. The van der Waals surface area contributed by atoms with Crippen molar-refractivity contribution in [2.24, 2.45) is 5.41 Å². The van der Waals surface area contributed by atoms with Crippen molar-refractivity contribution in [2.45, 2.75) is 46.5 Å². The molecule has 0 N–H and O–H groups in total. The van der Waals surface area contributed by atoms with E-state index >= 15 is 0 Å². The van der Waals surface area contributed by atoms with Gasteiger partial charge in [-0.2, -0.15) is 0 Å². The predicted molar refractivity (Wildman–Crippen MR) is 57.0 cm³/mol. The van der Waals surface area contributed by atoms with E-state index in [1.807, 2.05) is 6.92 Å². The Bertz CT molecular complexity index is 227. The summed E-state index contributed by atoms with van der Waals surface area (Å²) in [6.07, 6.45) is 6.13. The highest BCUT2D eigenvalue weighted by Crippen LogP contribution is 2.37. The fourth-order valence-electron chi connectivity index (χ4n) is 1.74. The van der Waals surface area contributed by atoms with Crippen molar-refractivity contribution in [1.29, 1.82) is 0 Å². The lowest BCUT2D eigenvalue weighted by molar-refractivity contribution is -0.137. The topological polar surface area (TPSA) is 26.3 Å². The van der Waals surface area contributed by atoms with Gasteiger partial charge in [0.25, 0.3) is 0 Å². The van der Waals surface area contributed by atoms with Gasteiger partial charge in [-0.25, -0.2) is 4.79 Å². The van der Waals surface area contributed by atoms with E-state index < -0.39 is 0 Å². The zero-order valence-corrected chi connectivity index (χ0v) is 9.43. The van der Waals surface area contributed by atoms with Gasteiger partial charge in [0.1, 0.15) is 0 Å². The molecular formula is C12H20O2. The number of hydrogen-bond acceptors (Lipinski definition) is 2. The Balaban J connectivity index is 2.45. The second-order valence-electron chi connectivity index (χ2n) is 4.72. The Hall–Kier alpha value is -0.790. The van der Waals surface area contributed by atoms with Gasteiger partial charge in [0.05, 0.1) is 6.61 Å². The standard InChI is InChI=1S/C12H20O2/c1-4-14-11(13)9-10-5-7-12(2,3)8-6-10/h9H,4-8H2,1-3H3. The highest BCUT2D eigenvalue weighted by molar-refractivity contribution is 5.82. The van der Waals surface area contributed by atoms with E-state index in [1.165, 1.54) is 18.4 Å². The monoisotopic (exact) mass is 196 g/mol. The Morgan fingerprint density at radius 3 is 2.50 bits per heavy atom. The van der Waals surface area contributed by atoms with Gasteiger partial charge in [-0.15, -0.1) is 0 Å². The van der Waals surface area contributed by atoms with Gasteiger partial charge in [0.15, 0.2) is 0 Å². The molecule has 0 aromatic rings. The lowest BCUT2D eigenvalue weighted by atomic mass is 9.75. The molecule has 0 unspecified atom stereocenters. The molecule has 0 amide bonds. The zero-order chi connectivity index (χ0) is 10.6. The molecule has 1 rings (SSSR count).